The Morgan fingerprint density at radius 1 is 1.09 bits per heavy atom. The summed E-state index contributed by atoms with van der Waals surface area (Å²) in [5, 5.41) is 0. The van der Waals surface area contributed by atoms with E-state index in [1.54, 1.807) is 22.7 Å². The van der Waals surface area contributed by atoms with Gasteiger partial charge < -0.3 is 24.5 Å². The molecule has 0 saturated heterocycles. The normalized spacial score (nSPS) is 21.8. The number of nitrogen functional groups attached to an aromatic ring is 1. The highest BCUT2D eigenvalue weighted by atomic mass is 32.2. The second kappa shape index (κ2) is 17.5. The topological polar surface area (TPSA) is 125 Å². The molecule has 2 heterocycles. The average molecular weight is 664 g/mol. The van der Waals surface area contributed by atoms with E-state index >= 15 is 0 Å². The molecule has 0 radical (unpaired) electrons. The molecule has 12 heteroatoms. The number of anilines is 1. The van der Waals surface area contributed by atoms with Gasteiger partial charge in [0.1, 0.15) is 26.3 Å². The number of nitrogens with two attached hydrogens (primary N) is 1. The van der Waals surface area contributed by atoms with Gasteiger partial charge >= 0.3 is 7.60 Å². The first-order chi connectivity index (χ1) is 21.1. The van der Waals surface area contributed by atoms with Crippen molar-refractivity contribution in [1.82, 2.24) is 19.5 Å². The molecule has 0 spiro atoms. The molecule has 2 aromatic heterocycles. The zero-order chi connectivity index (χ0) is 31.4. The van der Waals surface area contributed by atoms with Crippen LogP contribution in [0.5, 0.6) is 0 Å². The summed E-state index contributed by atoms with van der Waals surface area (Å²) in [5.41, 5.74) is 11.7. The summed E-state index contributed by atoms with van der Waals surface area (Å²) in [6, 6.07) is 0. The van der Waals surface area contributed by atoms with Crippen LogP contribution in [0.15, 0.2) is 12.7 Å². The first kappa shape index (κ1) is 35.4. The van der Waals surface area contributed by atoms with Crippen LogP contribution in [0.25, 0.3) is 11.2 Å². The summed E-state index contributed by atoms with van der Waals surface area (Å²) in [7, 11) is -5.17. The van der Waals surface area contributed by atoms with Crippen molar-refractivity contribution in [2.75, 3.05) is 30.2 Å². The van der Waals surface area contributed by atoms with Crippen LogP contribution in [0, 0.1) is 23.3 Å². The number of thioether (sulfide) groups is 1. The van der Waals surface area contributed by atoms with Crippen molar-refractivity contribution in [2.45, 2.75) is 122 Å². The lowest BCUT2D eigenvalue weighted by atomic mass is 10.0. The Balaban J connectivity index is 0.927. The van der Waals surface area contributed by atoms with Crippen molar-refractivity contribution in [1.29, 1.82) is 0 Å². The Morgan fingerprint density at radius 2 is 1.84 bits per heavy atom. The molecule has 2 fully saturated rings. The largest absolute Gasteiger partial charge is 0.382 e. The maximum atomic E-state index is 12.4. The summed E-state index contributed by atoms with van der Waals surface area (Å²) in [4.78, 5) is 22.5. The monoisotopic (exact) mass is 663 g/mol. The number of rotatable bonds is 20. The van der Waals surface area contributed by atoms with E-state index in [4.69, 9.17) is 15.0 Å². The summed E-state index contributed by atoms with van der Waals surface area (Å²) >= 11 is 1.78. The molecule has 44 heavy (non-hydrogen) atoms. The first-order valence-electron chi connectivity index (χ1n) is 16.7. The molecule has 2 saturated carbocycles. The molecule has 2 aliphatic carbocycles. The number of ether oxygens (including phenoxy) is 1. The van der Waals surface area contributed by atoms with Crippen molar-refractivity contribution < 1.29 is 18.7 Å². The molecule has 5 atom stereocenters. The van der Waals surface area contributed by atoms with E-state index in [2.05, 4.69) is 39.5 Å². The molecule has 2 aliphatic rings. The SMILES string of the molecule is C[C@H](Cn1cnc2c(N)ncnc21)OCP(=O)(O)OCCSCCCCCCCCCCC#C[Si](C)(C)C1CC2CCC1C2. The number of aromatic nitrogens is 4. The Kier molecular flexibility index (Phi) is 14.1. The highest BCUT2D eigenvalue weighted by molar-refractivity contribution is 7.99. The van der Waals surface area contributed by atoms with Crippen molar-refractivity contribution >= 4 is 44.4 Å². The van der Waals surface area contributed by atoms with Crippen LogP contribution >= 0.6 is 19.4 Å². The van der Waals surface area contributed by atoms with Crippen molar-refractivity contribution in [3.8, 4) is 11.5 Å². The maximum Gasteiger partial charge on any atom is 0.353 e. The lowest BCUT2D eigenvalue weighted by Crippen LogP contribution is -2.34. The molecule has 0 aliphatic heterocycles. The molecular formula is C32H54N5O4PSSi. The third kappa shape index (κ3) is 11.1. The minimum Gasteiger partial charge on any atom is -0.382 e. The molecule has 3 N–H and O–H groups in total. The zero-order valence-corrected chi connectivity index (χ0v) is 29.8. The second-order valence-electron chi connectivity index (χ2n) is 13.4. The van der Waals surface area contributed by atoms with E-state index in [1.807, 2.05) is 6.92 Å². The lowest BCUT2D eigenvalue weighted by Gasteiger charge is -2.31. The maximum absolute atomic E-state index is 12.4. The van der Waals surface area contributed by atoms with E-state index in [9.17, 15) is 9.46 Å². The molecule has 246 valence electrons. The van der Waals surface area contributed by atoms with Crippen LogP contribution in [-0.4, -0.2) is 63.1 Å². The molecule has 0 aromatic carbocycles. The van der Waals surface area contributed by atoms with Crippen LogP contribution < -0.4 is 5.73 Å². The van der Waals surface area contributed by atoms with Gasteiger partial charge in [0, 0.05) is 12.2 Å². The molecule has 4 rings (SSSR count). The number of fused-ring (bicyclic) bond motifs is 3. The van der Waals surface area contributed by atoms with Crippen LogP contribution in [0.3, 0.4) is 0 Å². The number of hydrogen-bond donors (Lipinski definition) is 2. The fourth-order valence-electron chi connectivity index (χ4n) is 6.95. The van der Waals surface area contributed by atoms with Gasteiger partial charge in [-0.25, -0.2) is 15.0 Å². The number of hydrogen-bond acceptors (Lipinski definition) is 8. The van der Waals surface area contributed by atoms with Crippen LogP contribution in [0.2, 0.25) is 18.6 Å². The first-order valence-corrected chi connectivity index (χ1v) is 22.7. The Labute approximate surface area is 269 Å². The van der Waals surface area contributed by atoms with Gasteiger partial charge in [-0.1, -0.05) is 64.5 Å². The average Bonchev–Trinajstić information content (AvgIpc) is 3.73. The minimum absolute atomic E-state index is 0.240. The standard InChI is InChI=1S/C32H54N5O4PSSi/c1-26(22-37-24-36-30-31(33)34-23-35-32(30)37)40-25-42(38,39)41-16-18-43-17-12-10-8-6-4-5-7-9-11-13-19-44(2,3)29-21-27-14-15-28(29)20-27/h23-24,26-29H,4-12,14-18,20-22,25H2,1-3H3,(H,38,39)(H2,33,34,35)/t26-,27?,28?,29?/m1/s1. The smallest absolute Gasteiger partial charge is 0.353 e. The quantitative estimate of drug-likeness (QED) is 0.0636. The van der Waals surface area contributed by atoms with Gasteiger partial charge in [-0.2, -0.15) is 11.8 Å². The van der Waals surface area contributed by atoms with Gasteiger partial charge in [0.15, 0.2) is 11.5 Å². The fraction of sp³-hybridized carbons (Fsp3) is 0.781. The van der Waals surface area contributed by atoms with E-state index in [1.165, 1.54) is 83.4 Å². The molecule has 2 aromatic rings. The van der Waals surface area contributed by atoms with Crippen LogP contribution in [0.4, 0.5) is 5.82 Å². The summed E-state index contributed by atoms with van der Waals surface area (Å²) in [6.07, 6.45) is 19.6. The summed E-state index contributed by atoms with van der Waals surface area (Å²) in [6.45, 7) is 7.52. The highest BCUT2D eigenvalue weighted by Crippen LogP contribution is 2.55. The minimum atomic E-state index is -3.81. The van der Waals surface area contributed by atoms with E-state index in [0.29, 0.717) is 29.3 Å². The van der Waals surface area contributed by atoms with Crippen molar-refractivity contribution in [2.24, 2.45) is 11.8 Å². The van der Waals surface area contributed by atoms with Gasteiger partial charge in [0.25, 0.3) is 0 Å². The van der Waals surface area contributed by atoms with Gasteiger partial charge in [-0.15, -0.1) is 11.5 Å². The summed E-state index contributed by atoms with van der Waals surface area (Å²) in [5.74, 6) is 7.71. The zero-order valence-electron chi connectivity index (χ0n) is 27.1. The van der Waals surface area contributed by atoms with Crippen molar-refractivity contribution in [3.63, 3.8) is 0 Å². The van der Waals surface area contributed by atoms with Gasteiger partial charge in [0.05, 0.1) is 25.6 Å². The van der Waals surface area contributed by atoms with Crippen LogP contribution in [0.1, 0.15) is 90.4 Å². The number of unbranched alkanes of at least 4 members (excludes halogenated alkanes) is 8. The molecule has 0 amide bonds. The van der Waals surface area contributed by atoms with E-state index in [0.717, 1.165) is 29.6 Å². The second-order valence-corrected chi connectivity index (χ2v) is 20.9. The molecule has 4 unspecified atom stereocenters. The molecule has 9 nitrogen and oxygen atoms in total. The highest BCUT2D eigenvalue weighted by Gasteiger charge is 2.46. The number of nitrogens with zero attached hydrogens (tertiary/aromatic N) is 4. The van der Waals surface area contributed by atoms with Crippen LogP contribution in [-0.2, 0) is 20.4 Å². The third-order valence-electron chi connectivity index (χ3n) is 9.34. The third-order valence-corrected chi connectivity index (χ3v) is 14.8. The Bertz CT molecular complexity index is 1280. The van der Waals surface area contributed by atoms with Crippen molar-refractivity contribution in [3.05, 3.63) is 12.7 Å². The van der Waals surface area contributed by atoms with E-state index in [-0.39, 0.29) is 19.1 Å². The number of imidazole rings is 1. The lowest BCUT2D eigenvalue weighted by molar-refractivity contribution is 0.0724. The summed E-state index contributed by atoms with van der Waals surface area (Å²) < 4.78 is 25.0. The Morgan fingerprint density at radius 3 is 2.57 bits per heavy atom. The predicted octanol–water partition coefficient (Wildman–Crippen LogP) is 7.66. The van der Waals surface area contributed by atoms with Gasteiger partial charge in [0.2, 0.25) is 0 Å². The van der Waals surface area contributed by atoms with Gasteiger partial charge in [-0.3, -0.25) is 4.57 Å². The Hall–Kier alpha value is -1.41. The fourth-order valence-corrected chi connectivity index (χ4v) is 12.0. The van der Waals surface area contributed by atoms with E-state index < -0.39 is 15.7 Å². The molecule has 2 bridgehead atoms. The molecular weight excluding hydrogens is 610 g/mol. The van der Waals surface area contributed by atoms with Gasteiger partial charge in [-0.05, 0) is 55.7 Å². The predicted molar refractivity (Wildman–Crippen MR) is 184 cm³/mol.